The van der Waals surface area contributed by atoms with Crippen LogP contribution in [-0.4, -0.2) is 23.3 Å². The molecule has 0 radical (unpaired) electrons. The van der Waals surface area contributed by atoms with Crippen LogP contribution < -0.4 is 5.32 Å². The monoisotopic (exact) mass is 330 g/mol. The Bertz CT molecular complexity index is 538. The summed E-state index contributed by atoms with van der Waals surface area (Å²) in [6.45, 7) is 2.21. The lowest BCUT2D eigenvalue weighted by Crippen LogP contribution is -2.29. The average Bonchev–Trinajstić information content (AvgIpc) is 2.89. The van der Waals surface area contributed by atoms with Crippen LogP contribution in [0, 0.1) is 5.82 Å². The first kappa shape index (κ1) is 15.8. The Hall–Kier alpha value is -0.620. The second-order valence-corrected chi connectivity index (χ2v) is 6.98. The molecular weight excluding hydrogens is 315 g/mol. The first-order chi connectivity index (χ1) is 9.31. The third-order valence-corrected chi connectivity index (χ3v) is 5.49. The first-order valence-corrected chi connectivity index (χ1v) is 8.16. The van der Waals surface area contributed by atoms with Crippen LogP contribution in [0.15, 0.2) is 34.0 Å². The molecule has 1 aromatic heterocycles. The van der Waals surface area contributed by atoms with E-state index >= 15 is 0 Å². The Morgan fingerprint density at radius 2 is 1.90 bits per heavy atom. The fraction of sp³-hybridized carbons (Fsp3) is 0.357. The number of thioether (sulfide) groups is 1. The summed E-state index contributed by atoms with van der Waals surface area (Å²) in [5.74, 6) is -0.205. The van der Waals surface area contributed by atoms with Gasteiger partial charge in [0.1, 0.15) is 5.82 Å². The average molecular weight is 331 g/mol. The number of hydrogen-bond acceptors (Lipinski definition) is 4. The summed E-state index contributed by atoms with van der Waals surface area (Å²) in [5, 5.41) is 6.10. The molecule has 0 spiro atoms. The summed E-state index contributed by atoms with van der Waals surface area (Å²) < 4.78 is 14.0. The summed E-state index contributed by atoms with van der Waals surface area (Å²) >= 11 is 3.56. The third-order valence-electron chi connectivity index (χ3n) is 3.18. The molecule has 1 aromatic carbocycles. The van der Waals surface area contributed by atoms with Gasteiger partial charge in [0.05, 0.1) is 5.69 Å². The largest absolute Gasteiger partial charge is 0.317 e. The fourth-order valence-corrected chi connectivity index (χ4v) is 4.36. The van der Waals surface area contributed by atoms with Crippen molar-refractivity contribution in [2.24, 2.45) is 0 Å². The van der Waals surface area contributed by atoms with E-state index in [0.29, 0.717) is 5.25 Å². The fourth-order valence-electron chi connectivity index (χ4n) is 2.12. The van der Waals surface area contributed by atoms with Gasteiger partial charge in [0, 0.05) is 16.2 Å². The predicted molar refractivity (Wildman–Crippen MR) is 86.5 cm³/mol. The number of piperidine rings is 1. The number of nitrogens with one attached hydrogen (secondary N) is 1. The zero-order chi connectivity index (χ0) is 13.1. The van der Waals surface area contributed by atoms with Crippen molar-refractivity contribution < 1.29 is 4.39 Å². The van der Waals surface area contributed by atoms with Crippen LogP contribution in [0.1, 0.15) is 12.8 Å². The van der Waals surface area contributed by atoms with Gasteiger partial charge in [-0.1, -0.05) is 11.8 Å². The van der Waals surface area contributed by atoms with Gasteiger partial charge in [0.25, 0.3) is 0 Å². The molecular formula is C14H16ClFN2S2. The summed E-state index contributed by atoms with van der Waals surface area (Å²) in [6.07, 6.45) is 2.41. The van der Waals surface area contributed by atoms with Crippen LogP contribution in [0.25, 0.3) is 11.3 Å². The number of halogens is 2. The Balaban J connectivity index is 0.00000147. The highest BCUT2D eigenvalue weighted by Gasteiger charge is 2.16. The molecule has 1 fully saturated rings. The summed E-state index contributed by atoms with van der Waals surface area (Å²) in [4.78, 5) is 4.64. The first-order valence-electron chi connectivity index (χ1n) is 6.40. The summed E-state index contributed by atoms with van der Waals surface area (Å²) in [5.41, 5.74) is 1.93. The molecule has 0 unspecified atom stereocenters. The van der Waals surface area contributed by atoms with Crippen molar-refractivity contribution in [2.75, 3.05) is 13.1 Å². The predicted octanol–water partition coefficient (Wildman–Crippen LogP) is 4.22. The molecule has 1 aliphatic rings. The minimum absolute atomic E-state index is 0. The molecule has 108 valence electrons. The van der Waals surface area contributed by atoms with Gasteiger partial charge in [-0.25, -0.2) is 9.37 Å². The second kappa shape index (κ2) is 7.41. The van der Waals surface area contributed by atoms with Crippen LogP contribution in [0.5, 0.6) is 0 Å². The van der Waals surface area contributed by atoms with E-state index < -0.39 is 0 Å². The number of nitrogens with zero attached hydrogens (tertiary/aromatic N) is 1. The van der Waals surface area contributed by atoms with E-state index in [-0.39, 0.29) is 18.2 Å². The van der Waals surface area contributed by atoms with Crippen LogP contribution in [0.3, 0.4) is 0 Å². The van der Waals surface area contributed by atoms with Gasteiger partial charge in [-0.05, 0) is 50.2 Å². The quantitative estimate of drug-likeness (QED) is 0.912. The Labute approximate surface area is 132 Å². The van der Waals surface area contributed by atoms with Crippen molar-refractivity contribution in [3.05, 3.63) is 35.5 Å². The van der Waals surface area contributed by atoms with Gasteiger partial charge in [-0.2, -0.15) is 0 Å². The van der Waals surface area contributed by atoms with Gasteiger partial charge in [-0.3, -0.25) is 0 Å². The number of benzene rings is 1. The summed E-state index contributed by atoms with van der Waals surface area (Å²) in [6, 6.07) is 6.52. The molecule has 1 aliphatic heterocycles. The maximum Gasteiger partial charge on any atom is 0.150 e. The zero-order valence-corrected chi connectivity index (χ0v) is 13.3. The number of rotatable bonds is 3. The standard InChI is InChI=1S/C14H15FN2S2.ClH/c15-11-3-1-10(2-4-11)13-9-18-14(17-13)19-12-5-7-16-8-6-12;/h1-4,9,12,16H,5-8H2;1H. The topological polar surface area (TPSA) is 24.9 Å². The Kier molecular flexibility index (Phi) is 5.84. The number of hydrogen-bond donors (Lipinski definition) is 1. The van der Waals surface area contributed by atoms with Crippen molar-refractivity contribution in [3.8, 4) is 11.3 Å². The van der Waals surface area contributed by atoms with Gasteiger partial charge < -0.3 is 5.32 Å². The molecule has 0 atom stereocenters. The van der Waals surface area contributed by atoms with Gasteiger partial charge in [0.2, 0.25) is 0 Å². The van der Waals surface area contributed by atoms with Crippen LogP contribution in [0.4, 0.5) is 4.39 Å². The van der Waals surface area contributed by atoms with Crippen LogP contribution >= 0.6 is 35.5 Å². The van der Waals surface area contributed by atoms with Crippen molar-refractivity contribution in [2.45, 2.75) is 22.4 Å². The van der Waals surface area contributed by atoms with Crippen molar-refractivity contribution in [1.82, 2.24) is 10.3 Å². The van der Waals surface area contributed by atoms with Crippen molar-refractivity contribution >= 4 is 35.5 Å². The van der Waals surface area contributed by atoms with E-state index in [1.807, 2.05) is 11.8 Å². The molecule has 1 saturated heterocycles. The van der Waals surface area contributed by atoms with E-state index in [1.54, 1.807) is 23.5 Å². The molecule has 1 N–H and O–H groups in total. The zero-order valence-electron chi connectivity index (χ0n) is 10.8. The molecule has 0 aliphatic carbocycles. The van der Waals surface area contributed by atoms with E-state index in [0.717, 1.165) is 28.7 Å². The highest BCUT2D eigenvalue weighted by molar-refractivity contribution is 8.01. The smallest absolute Gasteiger partial charge is 0.150 e. The Morgan fingerprint density at radius 1 is 1.20 bits per heavy atom. The molecule has 2 heterocycles. The molecule has 0 amide bonds. The molecule has 20 heavy (non-hydrogen) atoms. The van der Waals surface area contributed by atoms with Gasteiger partial charge in [-0.15, -0.1) is 23.7 Å². The van der Waals surface area contributed by atoms with Crippen molar-refractivity contribution in [3.63, 3.8) is 0 Å². The third kappa shape index (κ3) is 3.95. The SMILES string of the molecule is Cl.Fc1ccc(-c2csc(SC3CCNCC3)n2)cc1. The molecule has 3 rings (SSSR count). The lowest BCUT2D eigenvalue weighted by molar-refractivity contribution is 0.531. The minimum Gasteiger partial charge on any atom is -0.317 e. The highest BCUT2D eigenvalue weighted by Crippen LogP contribution is 2.33. The van der Waals surface area contributed by atoms with Crippen molar-refractivity contribution in [1.29, 1.82) is 0 Å². The second-order valence-electron chi connectivity index (χ2n) is 4.57. The van der Waals surface area contributed by atoms with E-state index in [2.05, 4.69) is 15.7 Å². The maximum absolute atomic E-state index is 12.9. The molecule has 2 aromatic rings. The molecule has 6 heteroatoms. The molecule has 0 saturated carbocycles. The molecule has 0 bridgehead atoms. The van der Waals surface area contributed by atoms with Gasteiger partial charge >= 0.3 is 0 Å². The lowest BCUT2D eigenvalue weighted by Gasteiger charge is -2.20. The normalized spacial score (nSPS) is 15.8. The number of thiazole rings is 1. The minimum atomic E-state index is -0.205. The van der Waals surface area contributed by atoms with Crippen LogP contribution in [0.2, 0.25) is 0 Å². The number of aromatic nitrogens is 1. The van der Waals surface area contributed by atoms with E-state index in [1.165, 1.54) is 25.0 Å². The molecule has 2 nitrogen and oxygen atoms in total. The van der Waals surface area contributed by atoms with Gasteiger partial charge in [0.15, 0.2) is 4.34 Å². The van der Waals surface area contributed by atoms with Crippen LogP contribution in [-0.2, 0) is 0 Å². The van der Waals surface area contributed by atoms with E-state index in [4.69, 9.17) is 0 Å². The highest BCUT2D eigenvalue weighted by atomic mass is 35.5. The lowest BCUT2D eigenvalue weighted by atomic mass is 10.2. The van der Waals surface area contributed by atoms with E-state index in [9.17, 15) is 4.39 Å². The Morgan fingerprint density at radius 3 is 2.60 bits per heavy atom. The summed E-state index contributed by atoms with van der Waals surface area (Å²) in [7, 11) is 0. The maximum atomic E-state index is 12.9.